The second-order valence-corrected chi connectivity index (χ2v) is 7.09. The topological polar surface area (TPSA) is 87.7 Å². The van der Waals surface area contributed by atoms with Crippen molar-refractivity contribution < 1.29 is 17.9 Å². The third-order valence-corrected chi connectivity index (χ3v) is 5.52. The van der Waals surface area contributed by atoms with Crippen molar-refractivity contribution in [1.82, 2.24) is 14.3 Å². The molecule has 2 rings (SSSR count). The number of ether oxygens (including phenoxy) is 1. The van der Waals surface area contributed by atoms with Gasteiger partial charge in [-0.05, 0) is 25.8 Å². The fourth-order valence-electron chi connectivity index (χ4n) is 2.60. The first-order chi connectivity index (χ1) is 10.0. The third-order valence-electron chi connectivity index (χ3n) is 3.97. The third kappa shape index (κ3) is 4.50. The van der Waals surface area contributed by atoms with E-state index in [1.54, 1.807) is 0 Å². The molecule has 0 aromatic rings. The van der Waals surface area contributed by atoms with E-state index < -0.39 is 10.2 Å². The molecule has 0 unspecified atom stereocenters. The van der Waals surface area contributed by atoms with Crippen LogP contribution in [0.3, 0.4) is 0 Å². The Kier molecular flexibility index (Phi) is 5.74. The zero-order chi connectivity index (χ0) is 15.3. The van der Waals surface area contributed by atoms with E-state index in [4.69, 9.17) is 4.74 Å². The SMILES string of the molecule is COC(=O)C1CCN(S(=O)(=O)NCC2=CCNCC2)CC1. The molecule has 0 saturated carbocycles. The number of carbonyl (C=O) groups excluding carboxylic acids is 1. The lowest BCUT2D eigenvalue weighted by Crippen LogP contribution is -2.46. The van der Waals surface area contributed by atoms with Crippen LogP contribution >= 0.6 is 0 Å². The van der Waals surface area contributed by atoms with Crippen LogP contribution < -0.4 is 10.0 Å². The summed E-state index contributed by atoms with van der Waals surface area (Å²) in [6.07, 6.45) is 3.92. The van der Waals surface area contributed by atoms with Gasteiger partial charge in [0.25, 0.3) is 10.2 Å². The summed E-state index contributed by atoms with van der Waals surface area (Å²) in [5, 5.41) is 3.19. The van der Waals surface area contributed by atoms with Crippen LogP contribution in [0.5, 0.6) is 0 Å². The molecule has 0 amide bonds. The van der Waals surface area contributed by atoms with Gasteiger partial charge < -0.3 is 10.1 Å². The minimum Gasteiger partial charge on any atom is -0.469 e. The predicted octanol–water partition coefficient (Wildman–Crippen LogP) is -0.374. The molecular weight excluding hydrogens is 294 g/mol. The summed E-state index contributed by atoms with van der Waals surface area (Å²) < 4.78 is 33.2. The number of esters is 1. The predicted molar refractivity (Wildman–Crippen MR) is 78.8 cm³/mol. The van der Waals surface area contributed by atoms with Crippen molar-refractivity contribution in [3.05, 3.63) is 11.6 Å². The zero-order valence-electron chi connectivity index (χ0n) is 12.3. The van der Waals surface area contributed by atoms with Gasteiger partial charge in [0.05, 0.1) is 13.0 Å². The fourth-order valence-corrected chi connectivity index (χ4v) is 3.85. The molecule has 0 aliphatic carbocycles. The average Bonchev–Trinajstić information content (AvgIpc) is 2.53. The van der Waals surface area contributed by atoms with Crippen molar-refractivity contribution in [2.45, 2.75) is 19.3 Å². The van der Waals surface area contributed by atoms with Crippen LogP contribution in [0, 0.1) is 5.92 Å². The van der Waals surface area contributed by atoms with E-state index in [-0.39, 0.29) is 11.9 Å². The molecule has 21 heavy (non-hydrogen) atoms. The summed E-state index contributed by atoms with van der Waals surface area (Å²) in [6.45, 7) is 2.76. The number of rotatable bonds is 5. The lowest BCUT2D eigenvalue weighted by Gasteiger charge is -2.30. The molecule has 0 atom stereocenters. The van der Waals surface area contributed by atoms with Crippen LogP contribution in [0.1, 0.15) is 19.3 Å². The van der Waals surface area contributed by atoms with E-state index in [0.717, 1.165) is 25.1 Å². The lowest BCUT2D eigenvalue weighted by atomic mass is 9.99. The van der Waals surface area contributed by atoms with E-state index in [1.165, 1.54) is 11.4 Å². The first-order valence-electron chi connectivity index (χ1n) is 7.24. The summed E-state index contributed by atoms with van der Waals surface area (Å²) in [5.74, 6) is -0.437. The van der Waals surface area contributed by atoms with Crippen molar-refractivity contribution in [2.75, 3.05) is 39.8 Å². The molecule has 0 aromatic heterocycles. The summed E-state index contributed by atoms with van der Waals surface area (Å²) in [4.78, 5) is 11.4. The van der Waals surface area contributed by atoms with E-state index in [0.29, 0.717) is 32.5 Å². The molecule has 1 fully saturated rings. The van der Waals surface area contributed by atoms with Crippen LogP contribution in [0.15, 0.2) is 11.6 Å². The second-order valence-electron chi connectivity index (χ2n) is 5.34. The number of hydrogen-bond donors (Lipinski definition) is 2. The molecule has 0 aromatic carbocycles. The summed E-state index contributed by atoms with van der Waals surface area (Å²) in [6, 6.07) is 0. The van der Waals surface area contributed by atoms with Crippen LogP contribution in [-0.2, 0) is 19.7 Å². The monoisotopic (exact) mass is 317 g/mol. The molecule has 2 heterocycles. The second kappa shape index (κ2) is 7.35. The maximum Gasteiger partial charge on any atom is 0.308 e. The maximum absolute atomic E-state index is 12.2. The number of nitrogens with zero attached hydrogens (tertiary/aromatic N) is 1. The first kappa shape index (κ1) is 16.4. The Balaban J connectivity index is 1.83. The Morgan fingerprint density at radius 3 is 2.76 bits per heavy atom. The van der Waals surface area contributed by atoms with Crippen LogP contribution in [0.2, 0.25) is 0 Å². The molecule has 0 radical (unpaired) electrons. The number of nitrogens with one attached hydrogen (secondary N) is 2. The van der Waals surface area contributed by atoms with Crippen LogP contribution in [0.25, 0.3) is 0 Å². The molecule has 8 heteroatoms. The average molecular weight is 317 g/mol. The van der Waals surface area contributed by atoms with Gasteiger partial charge in [-0.25, -0.2) is 0 Å². The first-order valence-corrected chi connectivity index (χ1v) is 8.68. The summed E-state index contributed by atoms with van der Waals surface area (Å²) >= 11 is 0. The Morgan fingerprint density at radius 1 is 1.48 bits per heavy atom. The molecule has 2 aliphatic heterocycles. The molecule has 1 saturated heterocycles. The Bertz CT molecular complexity index is 496. The van der Waals surface area contributed by atoms with E-state index in [2.05, 4.69) is 10.0 Å². The number of methoxy groups -OCH3 is 1. The molecule has 2 aliphatic rings. The molecule has 2 N–H and O–H groups in total. The maximum atomic E-state index is 12.2. The van der Waals surface area contributed by atoms with Gasteiger partial charge in [-0.2, -0.15) is 17.4 Å². The van der Waals surface area contributed by atoms with Crippen molar-refractivity contribution in [2.24, 2.45) is 5.92 Å². The normalized spacial score (nSPS) is 21.9. The standard InChI is InChI=1S/C13H23N3O4S/c1-20-13(17)12-4-8-16(9-5-12)21(18,19)15-10-11-2-6-14-7-3-11/h2,12,14-15H,3-10H2,1H3. The highest BCUT2D eigenvalue weighted by Gasteiger charge is 2.31. The minimum absolute atomic E-state index is 0.187. The molecule has 120 valence electrons. The molecule has 0 bridgehead atoms. The smallest absolute Gasteiger partial charge is 0.308 e. The Hall–Kier alpha value is -0.960. The van der Waals surface area contributed by atoms with Crippen LogP contribution in [0.4, 0.5) is 0 Å². The van der Waals surface area contributed by atoms with Crippen LogP contribution in [-0.4, -0.2) is 58.5 Å². The highest BCUT2D eigenvalue weighted by molar-refractivity contribution is 7.87. The van der Waals surface area contributed by atoms with Gasteiger partial charge in [-0.1, -0.05) is 11.6 Å². The number of piperidine rings is 1. The van der Waals surface area contributed by atoms with Gasteiger partial charge in [-0.3, -0.25) is 4.79 Å². The molecule has 7 nitrogen and oxygen atoms in total. The summed E-state index contributed by atoms with van der Waals surface area (Å²) in [7, 11) is -2.11. The Morgan fingerprint density at radius 2 is 2.19 bits per heavy atom. The highest BCUT2D eigenvalue weighted by Crippen LogP contribution is 2.20. The van der Waals surface area contributed by atoms with Crippen molar-refractivity contribution in [3.63, 3.8) is 0 Å². The highest BCUT2D eigenvalue weighted by atomic mass is 32.2. The van der Waals surface area contributed by atoms with E-state index in [1.807, 2.05) is 6.08 Å². The molecule has 0 spiro atoms. The van der Waals surface area contributed by atoms with E-state index in [9.17, 15) is 13.2 Å². The van der Waals surface area contributed by atoms with Crippen molar-refractivity contribution in [3.8, 4) is 0 Å². The van der Waals surface area contributed by atoms with Gasteiger partial charge in [0.1, 0.15) is 0 Å². The molecular formula is C13H23N3O4S. The van der Waals surface area contributed by atoms with Gasteiger partial charge in [-0.15, -0.1) is 0 Å². The van der Waals surface area contributed by atoms with E-state index >= 15 is 0 Å². The number of carbonyl (C=O) groups is 1. The van der Waals surface area contributed by atoms with Gasteiger partial charge >= 0.3 is 5.97 Å². The lowest BCUT2D eigenvalue weighted by molar-refractivity contribution is -0.146. The van der Waals surface area contributed by atoms with Gasteiger partial charge in [0.15, 0.2) is 0 Å². The van der Waals surface area contributed by atoms with Gasteiger partial charge in [0.2, 0.25) is 0 Å². The minimum atomic E-state index is -3.47. The summed E-state index contributed by atoms with van der Waals surface area (Å²) in [5.41, 5.74) is 1.11. The fraction of sp³-hybridized carbons (Fsp3) is 0.769. The van der Waals surface area contributed by atoms with Gasteiger partial charge in [0, 0.05) is 26.2 Å². The number of hydrogen-bond acceptors (Lipinski definition) is 5. The Labute approximate surface area is 125 Å². The van der Waals surface area contributed by atoms with Crippen molar-refractivity contribution in [1.29, 1.82) is 0 Å². The largest absolute Gasteiger partial charge is 0.469 e. The zero-order valence-corrected chi connectivity index (χ0v) is 13.1. The van der Waals surface area contributed by atoms with Crippen molar-refractivity contribution >= 4 is 16.2 Å². The quantitative estimate of drug-likeness (QED) is 0.533.